The number of carbonyl (C=O) groups excluding carboxylic acids is 1. The van der Waals surface area contributed by atoms with Crippen LogP contribution in [0.25, 0.3) is 22.8 Å². The molecule has 1 N–H and O–H groups in total. The van der Waals surface area contributed by atoms with Gasteiger partial charge in [0.25, 0.3) is 18.2 Å². The van der Waals surface area contributed by atoms with E-state index in [0.717, 1.165) is 36.4 Å². The molecule has 5 rings (SSSR count). The number of hydrogen-bond donors (Lipinski definition) is 1. The van der Waals surface area contributed by atoms with Crippen molar-refractivity contribution in [2.75, 3.05) is 12.4 Å². The topological polar surface area (TPSA) is 129 Å². The molecule has 182 valence electrons. The number of pyridine rings is 2. The van der Waals surface area contributed by atoms with E-state index in [0.29, 0.717) is 16.8 Å². The molecule has 4 aromatic heterocycles. The van der Waals surface area contributed by atoms with E-state index in [1.165, 1.54) is 19.2 Å². The number of aromatic nitrogens is 6. The summed E-state index contributed by atoms with van der Waals surface area (Å²) < 4.78 is 37.7. The van der Waals surface area contributed by atoms with Crippen molar-refractivity contribution in [1.82, 2.24) is 30.4 Å². The molecule has 0 bridgehead atoms. The van der Waals surface area contributed by atoms with Crippen molar-refractivity contribution in [1.29, 1.82) is 0 Å². The predicted octanol–water partition coefficient (Wildman–Crippen LogP) is 4.31. The minimum absolute atomic E-state index is 0.0558. The molecule has 0 aromatic carbocycles. The average molecular weight is 509 g/mol. The zero-order valence-electron chi connectivity index (χ0n) is 19.0. The molecule has 36 heavy (non-hydrogen) atoms. The van der Waals surface area contributed by atoms with Crippen LogP contribution in [0.3, 0.4) is 0 Å². The van der Waals surface area contributed by atoms with E-state index in [-0.39, 0.29) is 39.3 Å². The van der Waals surface area contributed by atoms with Crippen LogP contribution in [0.15, 0.2) is 28.8 Å². The fraction of sp³-hybridized carbons (Fsp3) is 0.261. The minimum atomic E-state index is -2.84. The molecule has 1 saturated carbocycles. The number of halogens is 2. The molecule has 0 saturated heterocycles. The van der Waals surface area contributed by atoms with Crippen LogP contribution >= 0.6 is 11.3 Å². The molecule has 0 aliphatic heterocycles. The Hall–Kier alpha value is -4.31. The monoisotopic (exact) mass is 509 g/mol. The minimum Gasteiger partial charge on any atom is -0.494 e. The van der Waals surface area contributed by atoms with Crippen LogP contribution in [0.1, 0.15) is 46.2 Å². The van der Waals surface area contributed by atoms with Crippen molar-refractivity contribution in [2.45, 2.75) is 26.2 Å². The highest BCUT2D eigenvalue weighted by molar-refractivity contribution is 7.15. The van der Waals surface area contributed by atoms with Crippen LogP contribution in [0.5, 0.6) is 5.75 Å². The molecule has 1 fully saturated rings. The van der Waals surface area contributed by atoms with E-state index >= 15 is 0 Å². The van der Waals surface area contributed by atoms with Crippen LogP contribution in [0.2, 0.25) is 0 Å². The highest BCUT2D eigenvalue weighted by atomic mass is 32.1. The van der Waals surface area contributed by atoms with Crippen molar-refractivity contribution in [2.24, 2.45) is 5.92 Å². The largest absolute Gasteiger partial charge is 0.494 e. The summed E-state index contributed by atoms with van der Waals surface area (Å²) in [4.78, 5) is 21.5. The summed E-state index contributed by atoms with van der Waals surface area (Å²) in [6, 6.07) is 4.12. The Morgan fingerprint density at radius 3 is 2.78 bits per heavy atom. The molecule has 4 aromatic rings. The normalized spacial score (nSPS) is 12.8. The number of rotatable bonds is 6. The molecule has 1 aliphatic carbocycles. The molecular formula is C23H17F2N7O3S. The van der Waals surface area contributed by atoms with Crippen LogP contribution in [-0.4, -0.2) is 43.4 Å². The number of alkyl halides is 2. The van der Waals surface area contributed by atoms with Gasteiger partial charge in [0.15, 0.2) is 5.01 Å². The maximum atomic E-state index is 13.4. The molecule has 0 spiro atoms. The Morgan fingerprint density at radius 1 is 1.25 bits per heavy atom. The number of amides is 1. The molecule has 0 atom stereocenters. The molecular weight excluding hydrogens is 492 g/mol. The Balaban J connectivity index is 1.55. The smallest absolute Gasteiger partial charge is 0.280 e. The SMILES string of the molecule is COc1cnc(C(F)F)cc1-c1nc(-c2nnc(C)o2)ccc1C(=O)Nc1nnc(C#CC2CC2)s1. The van der Waals surface area contributed by atoms with Crippen molar-refractivity contribution in [3.05, 3.63) is 46.6 Å². The lowest BCUT2D eigenvalue weighted by Gasteiger charge is -2.13. The van der Waals surface area contributed by atoms with E-state index in [2.05, 4.69) is 47.5 Å². The summed E-state index contributed by atoms with van der Waals surface area (Å²) in [6.07, 6.45) is 0.469. The third-order valence-electron chi connectivity index (χ3n) is 5.08. The standard InChI is InChI=1S/C23H17F2N7O3S/c1-11-29-31-22(35-11)15-7-6-13(19(27-15)14-9-16(20(24)25)26-10-17(14)34-2)21(33)28-23-32-30-18(36-23)8-5-12-3-4-12/h6-7,9-10,12,20H,3-4H2,1-2H3,(H,28,32,33). The first-order valence-electron chi connectivity index (χ1n) is 10.7. The number of nitrogens with zero attached hydrogens (tertiary/aromatic N) is 6. The Kier molecular flexibility index (Phi) is 6.34. The third-order valence-corrected chi connectivity index (χ3v) is 5.83. The average Bonchev–Trinajstić information content (AvgIpc) is 3.44. The molecule has 13 heteroatoms. The van der Waals surface area contributed by atoms with Gasteiger partial charge >= 0.3 is 0 Å². The summed E-state index contributed by atoms with van der Waals surface area (Å²) in [5.41, 5.74) is 0.00855. The number of ether oxygens (including phenoxy) is 1. The maximum absolute atomic E-state index is 13.4. The van der Waals surface area contributed by atoms with Crippen molar-refractivity contribution < 1.29 is 22.7 Å². The number of methoxy groups -OCH3 is 1. The van der Waals surface area contributed by atoms with Crippen LogP contribution < -0.4 is 10.1 Å². The highest BCUT2D eigenvalue weighted by Gasteiger charge is 2.23. The van der Waals surface area contributed by atoms with Gasteiger partial charge in [-0.05, 0) is 37.0 Å². The van der Waals surface area contributed by atoms with Crippen LogP contribution in [0, 0.1) is 24.7 Å². The summed E-state index contributed by atoms with van der Waals surface area (Å²) in [6.45, 7) is 1.62. The fourth-order valence-corrected chi connectivity index (χ4v) is 3.77. The van der Waals surface area contributed by atoms with E-state index < -0.39 is 18.0 Å². The predicted molar refractivity (Wildman–Crippen MR) is 124 cm³/mol. The van der Waals surface area contributed by atoms with Gasteiger partial charge in [0.2, 0.25) is 11.0 Å². The van der Waals surface area contributed by atoms with E-state index in [1.807, 2.05) is 0 Å². The Bertz CT molecular complexity index is 1500. The number of nitrogens with one attached hydrogen (secondary N) is 1. The maximum Gasteiger partial charge on any atom is 0.280 e. The van der Waals surface area contributed by atoms with Gasteiger partial charge in [0.1, 0.15) is 17.1 Å². The van der Waals surface area contributed by atoms with E-state index in [4.69, 9.17) is 9.15 Å². The molecule has 4 heterocycles. The van der Waals surface area contributed by atoms with E-state index in [1.54, 1.807) is 6.92 Å². The number of anilines is 1. The van der Waals surface area contributed by atoms with Crippen LogP contribution in [-0.2, 0) is 0 Å². The number of carbonyl (C=O) groups is 1. The number of hydrogen-bond acceptors (Lipinski definition) is 10. The summed E-state index contributed by atoms with van der Waals surface area (Å²) in [5.74, 6) is 6.42. The van der Waals surface area contributed by atoms with Crippen molar-refractivity contribution in [3.63, 3.8) is 0 Å². The van der Waals surface area contributed by atoms with Gasteiger partial charge in [0, 0.05) is 18.4 Å². The lowest BCUT2D eigenvalue weighted by molar-refractivity contribution is 0.102. The quantitative estimate of drug-likeness (QED) is 0.378. The van der Waals surface area contributed by atoms with Crippen LogP contribution in [0.4, 0.5) is 13.9 Å². The zero-order chi connectivity index (χ0) is 25.2. The van der Waals surface area contributed by atoms with E-state index in [9.17, 15) is 13.6 Å². The molecule has 1 aliphatic rings. The lowest BCUT2D eigenvalue weighted by Crippen LogP contribution is -2.14. The Labute approximate surface area is 207 Å². The molecule has 10 nitrogen and oxygen atoms in total. The van der Waals surface area contributed by atoms with Gasteiger partial charge in [0.05, 0.1) is 24.6 Å². The molecule has 0 unspecified atom stereocenters. The Morgan fingerprint density at radius 2 is 2.08 bits per heavy atom. The summed E-state index contributed by atoms with van der Waals surface area (Å²) in [7, 11) is 1.36. The second kappa shape index (κ2) is 9.74. The van der Waals surface area contributed by atoms with Gasteiger partial charge in [-0.1, -0.05) is 17.3 Å². The first-order valence-corrected chi connectivity index (χ1v) is 11.5. The highest BCUT2D eigenvalue weighted by Crippen LogP contribution is 2.35. The fourth-order valence-electron chi connectivity index (χ4n) is 3.17. The summed E-state index contributed by atoms with van der Waals surface area (Å²) in [5, 5.41) is 19.1. The van der Waals surface area contributed by atoms with Crippen molar-refractivity contribution in [3.8, 4) is 40.4 Å². The lowest BCUT2D eigenvalue weighted by atomic mass is 10.0. The summed E-state index contributed by atoms with van der Waals surface area (Å²) >= 11 is 1.13. The van der Waals surface area contributed by atoms with Crippen molar-refractivity contribution >= 4 is 22.4 Å². The second-order valence-electron chi connectivity index (χ2n) is 7.74. The van der Waals surface area contributed by atoms with Gasteiger partial charge in [-0.3, -0.25) is 15.1 Å². The van der Waals surface area contributed by atoms with Gasteiger partial charge < -0.3 is 9.15 Å². The molecule has 0 radical (unpaired) electrons. The third kappa shape index (κ3) is 5.03. The van der Waals surface area contributed by atoms with Gasteiger partial charge in [-0.2, -0.15) is 0 Å². The first-order chi connectivity index (χ1) is 17.4. The van der Waals surface area contributed by atoms with Gasteiger partial charge in [-0.25, -0.2) is 13.8 Å². The van der Waals surface area contributed by atoms with Gasteiger partial charge in [-0.15, -0.1) is 20.4 Å². The zero-order valence-corrected chi connectivity index (χ0v) is 19.8. The molecule has 1 amide bonds. The second-order valence-corrected chi connectivity index (χ2v) is 8.72. The first kappa shape index (κ1) is 23.4. The number of aryl methyl sites for hydroxylation is 1.